The minimum Gasteiger partial charge on any atom is -0.488 e. The lowest BCUT2D eigenvalue weighted by molar-refractivity contribution is 0.213. The summed E-state index contributed by atoms with van der Waals surface area (Å²) in [7, 11) is 0. The monoisotopic (exact) mass is 415 g/mol. The Morgan fingerprint density at radius 2 is 2.20 bits per heavy atom. The van der Waals surface area contributed by atoms with E-state index in [1.165, 1.54) is 12.4 Å². The van der Waals surface area contributed by atoms with E-state index in [0.29, 0.717) is 49.6 Å². The molecule has 0 saturated heterocycles. The lowest BCUT2D eigenvalue weighted by atomic mass is 10.1. The van der Waals surface area contributed by atoms with Crippen LogP contribution in [0.2, 0.25) is 0 Å². The van der Waals surface area contributed by atoms with Crippen LogP contribution in [0.5, 0.6) is 5.75 Å². The first-order chi connectivity index (χ1) is 14.3. The van der Waals surface area contributed by atoms with Gasteiger partial charge in [0.2, 0.25) is 0 Å². The van der Waals surface area contributed by atoms with Crippen LogP contribution in [0.1, 0.15) is 32.3 Å². The number of aliphatic imine (C=N–C) groups is 1. The zero-order valence-electron chi connectivity index (χ0n) is 17.6. The Labute approximate surface area is 177 Å². The second-order valence-electron chi connectivity index (χ2n) is 7.22. The van der Waals surface area contributed by atoms with Gasteiger partial charge in [0.1, 0.15) is 11.6 Å². The molecule has 0 aliphatic carbocycles. The second kappa shape index (κ2) is 11.0. The highest BCUT2D eigenvalue weighted by molar-refractivity contribution is 5.77. The molecule has 0 atom stereocenters. The molecule has 0 amide bonds. The van der Waals surface area contributed by atoms with E-state index < -0.39 is 5.82 Å². The van der Waals surface area contributed by atoms with Crippen molar-refractivity contribution in [2.24, 2.45) is 15.9 Å². The number of rotatable bonds is 7. The quantitative estimate of drug-likeness (QED) is 0.402. The van der Waals surface area contributed by atoms with Gasteiger partial charge in [-0.3, -0.25) is 0 Å². The third-order valence-electron chi connectivity index (χ3n) is 4.30. The van der Waals surface area contributed by atoms with Gasteiger partial charge in [0.05, 0.1) is 18.7 Å². The van der Waals surface area contributed by atoms with Crippen molar-refractivity contribution >= 4 is 18.2 Å². The number of nitrogen functional groups attached to an aromatic ring is 1. The maximum atomic E-state index is 14.1. The predicted molar refractivity (Wildman–Crippen MR) is 120 cm³/mol. The van der Waals surface area contributed by atoms with Crippen LogP contribution in [0.25, 0.3) is 0 Å². The van der Waals surface area contributed by atoms with E-state index in [4.69, 9.17) is 21.0 Å². The first kappa shape index (κ1) is 23.0. The third-order valence-corrected chi connectivity index (χ3v) is 4.30. The van der Waals surface area contributed by atoms with Crippen molar-refractivity contribution < 1.29 is 14.0 Å². The van der Waals surface area contributed by atoms with Gasteiger partial charge in [-0.05, 0) is 50.0 Å². The molecule has 1 aliphatic rings. The number of halogens is 1. The zero-order chi connectivity index (χ0) is 22.1. The second-order valence-corrected chi connectivity index (χ2v) is 7.22. The summed E-state index contributed by atoms with van der Waals surface area (Å²) in [5.74, 6) is 0.987. The molecule has 2 rings (SSSR count). The number of oxime groups is 1. The molecule has 1 heterocycles. The van der Waals surface area contributed by atoms with Gasteiger partial charge >= 0.3 is 0 Å². The zero-order valence-corrected chi connectivity index (χ0v) is 17.6. The van der Waals surface area contributed by atoms with Gasteiger partial charge < -0.3 is 25.9 Å². The third kappa shape index (κ3) is 6.95. The lowest BCUT2D eigenvalue weighted by Crippen LogP contribution is -2.26. The maximum Gasteiger partial charge on any atom is 0.167 e. The molecular weight excluding hydrogens is 385 g/mol. The predicted octanol–water partition coefficient (Wildman–Crippen LogP) is 3.73. The number of nitrogens with two attached hydrogens (primary N) is 2. The topological polar surface area (TPSA) is 98.5 Å². The molecular formula is C22H30FN5O2. The molecule has 30 heavy (non-hydrogen) atoms. The molecule has 0 spiro atoms. The van der Waals surface area contributed by atoms with Crippen molar-refractivity contribution in [1.29, 1.82) is 0 Å². The Balaban J connectivity index is 2.17. The smallest absolute Gasteiger partial charge is 0.167 e. The van der Waals surface area contributed by atoms with Crippen molar-refractivity contribution in [3.05, 3.63) is 59.9 Å². The van der Waals surface area contributed by atoms with Gasteiger partial charge in [-0.2, -0.15) is 0 Å². The van der Waals surface area contributed by atoms with Crippen LogP contribution in [0, 0.1) is 5.82 Å². The number of anilines is 1. The molecule has 0 saturated carbocycles. The summed E-state index contributed by atoms with van der Waals surface area (Å²) in [6.45, 7) is 12.7. The van der Waals surface area contributed by atoms with Gasteiger partial charge in [-0.25, -0.2) is 9.38 Å². The van der Waals surface area contributed by atoms with Crippen molar-refractivity contribution in [3.8, 4) is 5.75 Å². The van der Waals surface area contributed by atoms with Gasteiger partial charge in [-0.15, -0.1) is 0 Å². The van der Waals surface area contributed by atoms with E-state index >= 15 is 0 Å². The van der Waals surface area contributed by atoms with Gasteiger partial charge in [0.15, 0.2) is 11.6 Å². The fourth-order valence-corrected chi connectivity index (χ4v) is 2.91. The standard InChI is InChI=1S/C22H30FN5O2/c1-15(2)29-21-10-18(20(25)11-19(21)23)6-5-7-22(26-14-24)28-9-8-17(4)30-27-12-16(3)13-28/h7,10-12,14-15H,3-6,8-9,13,25H2,1-2H3,(H2,24,26)/b22-7+,27-12-. The van der Waals surface area contributed by atoms with Crippen molar-refractivity contribution in [2.75, 3.05) is 18.8 Å². The first-order valence-electron chi connectivity index (χ1n) is 9.80. The van der Waals surface area contributed by atoms with E-state index in [-0.39, 0.29) is 11.9 Å². The molecule has 0 unspecified atom stereocenters. The minimum atomic E-state index is -0.465. The summed E-state index contributed by atoms with van der Waals surface area (Å²) >= 11 is 0. The number of aryl methyl sites for hydroxylation is 1. The number of hydrogen-bond donors (Lipinski definition) is 2. The summed E-state index contributed by atoms with van der Waals surface area (Å²) in [5, 5.41) is 3.85. The van der Waals surface area contributed by atoms with E-state index in [9.17, 15) is 4.39 Å². The molecule has 162 valence electrons. The Morgan fingerprint density at radius 1 is 1.43 bits per heavy atom. The summed E-state index contributed by atoms with van der Waals surface area (Å²) in [5.41, 5.74) is 13.5. The van der Waals surface area contributed by atoms with Crippen molar-refractivity contribution in [2.45, 2.75) is 39.2 Å². The molecule has 1 aliphatic heterocycles. The van der Waals surface area contributed by atoms with Crippen molar-refractivity contribution in [1.82, 2.24) is 4.90 Å². The molecule has 0 aromatic heterocycles. The number of benzene rings is 1. The van der Waals surface area contributed by atoms with Crippen LogP contribution < -0.4 is 16.2 Å². The molecule has 0 bridgehead atoms. The largest absolute Gasteiger partial charge is 0.488 e. The van der Waals surface area contributed by atoms with Gasteiger partial charge in [0.25, 0.3) is 0 Å². The molecule has 1 aromatic carbocycles. The Morgan fingerprint density at radius 3 is 2.90 bits per heavy atom. The average Bonchev–Trinajstić information content (AvgIpc) is 2.75. The fourth-order valence-electron chi connectivity index (χ4n) is 2.91. The average molecular weight is 416 g/mol. The fraction of sp³-hybridized carbons (Fsp3) is 0.364. The number of hydrogen-bond acceptors (Lipinski definition) is 6. The highest BCUT2D eigenvalue weighted by Crippen LogP contribution is 2.26. The molecule has 8 heteroatoms. The number of ether oxygens (including phenoxy) is 1. The van der Waals surface area contributed by atoms with Crippen LogP contribution in [0.3, 0.4) is 0 Å². The lowest BCUT2D eigenvalue weighted by Gasteiger charge is -2.24. The molecule has 7 nitrogen and oxygen atoms in total. The van der Waals surface area contributed by atoms with Crippen LogP contribution in [0.4, 0.5) is 10.1 Å². The molecule has 1 aromatic rings. The number of allylic oxidation sites excluding steroid dienone is 1. The Bertz CT molecular complexity index is 861. The summed E-state index contributed by atoms with van der Waals surface area (Å²) < 4.78 is 19.6. The van der Waals surface area contributed by atoms with Crippen molar-refractivity contribution in [3.63, 3.8) is 0 Å². The SMILES string of the molecule is C=C1/C=N\OC(=C)CCN(C(=C/CCc2cc(OC(C)C)c(F)cc2N)/N=C\N)C1. The minimum absolute atomic E-state index is 0.132. The highest BCUT2D eigenvalue weighted by Gasteiger charge is 2.14. The molecule has 0 radical (unpaired) electrons. The molecule has 0 fully saturated rings. The van der Waals surface area contributed by atoms with Gasteiger partial charge in [0, 0.05) is 31.3 Å². The summed E-state index contributed by atoms with van der Waals surface area (Å²) in [6, 6.07) is 2.96. The maximum absolute atomic E-state index is 14.1. The van der Waals surface area contributed by atoms with Crippen LogP contribution in [-0.2, 0) is 11.3 Å². The number of nitrogens with zero attached hydrogens (tertiary/aromatic N) is 3. The first-order valence-corrected chi connectivity index (χ1v) is 9.80. The van der Waals surface area contributed by atoms with E-state index in [0.717, 1.165) is 11.1 Å². The van der Waals surface area contributed by atoms with Crippen LogP contribution in [-0.4, -0.2) is 36.6 Å². The summed E-state index contributed by atoms with van der Waals surface area (Å²) in [6.07, 6.45) is 6.44. The van der Waals surface area contributed by atoms with E-state index in [1.807, 2.05) is 24.8 Å². The normalized spacial score (nSPS) is 16.9. The Hall–Kier alpha value is -3.29. The summed E-state index contributed by atoms with van der Waals surface area (Å²) in [4.78, 5) is 11.5. The van der Waals surface area contributed by atoms with Crippen LogP contribution in [0.15, 0.2) is 58.7 Å². The highest BCUT2D eigenvalue weighted by atomic mass is 19.1. The van der Waals surface area contributed by atoms with E-state index in [1.54, 1.807) is 12.3 Å². The van der Waals surface area contributed by atoms with Crippen LogP contribution >= 0.6 is 0 Å². The van der Waals surface area contributed by atoms with Gasteiger partial charge in [-0.1, -0.05) is 18.3 Å². The van der Waals surface area contributed by atoms with E-state index in [2.05, 4.69) is 23.3 Å². The molecule has 4 N–H and O–H groups in total. The Kier molecular flexibility index (Phi) is 8.46.